The maximum absolute atomic E-state index is 12.5. The minimum Gasteiger partial charge on any atom is -0.354 e. The fourth-order valence-electron chi connectivity index (χ4n) is 3.00. The molecule has 0 aliphatic carbocycles. The summed E-state index contributed by atoms with van der Waals surface area (Å²) in [6, 6.07) is 19.7. The number of nitrogens with one attached hydrogen (secondary N) is 2. The van der Waals surface area contributed by atoms with Crippen LogP contribution >= 0.6 is 0 Å². The summed E-state index contributed by atoms with van der Waals surface area (Å²) in [5.74, 6) is -0.218. The molecule has 27 heavy (non-hydrogen) atoms. The third-order valence-corrected chi connectivity index (χ3v) is 4.55. The third kappa shape index (κ3) is 7.23. The molecule has 0 saturated heterocycles. The van der Waals surface area contributed by atoms with Gasteiger partial charge in [0.15, 0.2) is 0 Å². The van der Waals surface area contributed by atoms with Gasteiger partial charge in [0, 0.05) is 19.5 Å². The van der Waals surface area contributed by atoms with E-state index in [2.05, 4.69) is 27.7 Å². The van der Waals surface area contributed by atoms with Crippen molar-refractivity contribution in [1.82, 2.24) is 15.5 Å². The molecule has 2 atom stereocenters. The van der Waals surface area contributed by atoms with E-state index in [0.717, 1.165) is 12.0 Å². The highest BCUT2D eigenvalue weighted by Gasteiger charge is 2.19. The fourth-order valence-corrected chi connectivity index (χ4v) is 3.00. The van der Waals surface area contributed by atoms with Gasteiger partial charge in [-0.2, -0.15) is 0 Å². The first kappa shape index (κ1) is 20.6. The second-order valence-corrected chi connectivity index (χ2v) is 6.98. The standard InChI is InChI=1S/C22H29N3O2/c1-17(26)24-21(19-12-8-5-9-13-19)15-22(27)23-16-20(25(2)3)14-18-10-6-4-7-11-18/h4-13,20-21H,14-16H2,1-3H3,(H,23,27)(H,24,26). The van der Waals surface area contributed by atoms with Gasteiger partial charge in [-0.3, -0.25) is 9.59 Å². The molecule has 0 aromatic heterocycles. The van der Waals surface area contributed by atoms with Crippen LogP contribution in [0.5, 0.6) is 0 Å². The Labute approximate surface area is 161 Å². The molecule has 0 aliphatic heterocycles. The zero-order valence-corrected chi connectivity index (χ0v) is 16.3. The summed E-state index contributed by atoms with van der Waals surface area (Å²) in [7, 11) is 4.04. The summed E-state index contributed by atoms with van der Waals surface area (Å²) in [6.45, 7) is 2.03. The number of rotatable bonds is 9. The Morgan fingerprint density at radius 3 is 2.11 bits per heavy atom. The number of hydrogen-bond acceptors (Lipinski definition) is 3. The van der Waals surface area contributed by atoms with Crippen molar-refractivity contribution >= 4 is 11.8 Å². The van der Waals surface area contributed by atoms with Crippen LogP contribution in [0, 0.1) is 0 Å². The van der Waals surface area contributed by atoms with E-state index in [0.29, 0.717) is 6.54 Å². The summed E-state index contributed by atoms with van der Waals surface area (Å²) in [6.07, 6.45) is 1.08. The molecule has 0 fully saturated rings. The summed E-state index contributed by atoms with van der Waals surface area (Å²) < 4.78 is 0. The number of benzene rings is 2. The number of carbonyl (C=O) groups is 2. The van der Waals surface area contributed by atoms with Crippen molar-refractivity contribution in [2.45, 2.75) is 31.8 Å². The summed E-state index contributed by atoms with van der Waals surface area (Å²) in [5.41, 5.74) is 2.17. The number of amides is 2. The molecule has 0 saturated carbocycles. The summed E-state index contributed by atoms with van der Waals surface area (Å²) in [5, 5.41) is 5.89. The van der Waals surface area contributed by atoms with Gasteiger partial charge in [-0.05, 0) is 31.6 Å². The minimum atomic E-state index is -0.323. The first-order chi connectivity index (χ1) is 13.0. The second kappa shape index (κ2) is 10.5. The van der Waals surface area contributed by atoms with Crippen LogP contribution < -0.4 is 10.6 Å². The van der Waals surface area contributed by atoms with Crippen molar-refractivity contribution < 1.29 is 9.59 Å². The minimum absolute atomic E-state index is 0.0717. The van der Waals surface area contributed by atoms with Crippen LogP contribution in [0.15, 0.2) is 60.7 Å². The Balaban J connectivity index is 1.94. The highest BCUT2D eigenvalue weighted by atomic mass is 16.2. The summed E-state index contributed by atoms with van der Waals surface area (Å²) >= 11 is 0. The average Bonchev–Trinajstić information content (AvgIpc) is 2.65. The third-order valence-electron chi connectivity index (χ3n) is 4.55. The Hall–Kier alpha value is -2.66. The van der Waals surface area contributed by atoms with Gasteiger partial charge in [0.1, 0.15) is 0 Å². The predicted molar refractivity (Wildman–Crippen MR) is 108 cm³/mol. The molecule has 5 nitrogen and oxygen atoms in total. The molecule has 2 aromatic carbocycles. The maximum Gasteiger partial charge on any atom is 0.222 e. The number of likely N-dealkylation sites (N-methyl/N-ethyl adjacent to an activating group) is 1. The van der Waals surface area contributed by atoms with Crippen LogP contribution in [0.25, 0.3) is 0 Å². The largest absolute Gasteiger partial charge is 0.354 e. The van der Waals surface area contributed by atoms with Gasteiger partial charge in [-0.1, -0.05) is 60.7 Å². The van der Waals surface area contributed by atoms with E-state index in [-0.39, 0.29) is 30.3 Å². The lowest BCUT2D eigenvalue weighted by Crippen LogP contribution is -2.42. The van der Waals surface area contributed by atoms with Crippen LogP contribution in [0.3, 0.4) is 0 Å². The van der Waals surface area contributed by atoms with Gasteiger partial charge >= 0.3 is 0 Å². The number of nitrogens with zero attached hydrogens (tertiary/aromatic N) is 1. The van der Waals surface area contributed by atoms with E-state index in [1.807, 2.05) is 62.6 Å². The molecule has 2 aromatic rings. The van der Waals surface area contributed by atoms with Gasteiger partial charge < -0.3 is 15.5 Å². The van der Waals surface area contributed by atoms with Crippen molar-refractivity contribution in [2.24, 2.45) is 0 Å². The van der Waals surface area contributed by atoms with Gasteiger partial charge in [-0.25, -0.2) is 0 Å². The van der Waals surface area contributed by atoms with Gasteiger partial charge in [0.25, 0.3) is 0 Å². The van der Waals surface area contributed by atoms with E-state index in [4.69, 9.17) is 0 Å². The molecule has 0 bridgehead atoms. The first-order valence-electron chi connectivity index (χ1n) is 9.24. The molecule has 2 unspecified atom stereocenters. The highest BCUT2D eigenvalue weighted by molar-refractivity contribution is 5.79. The van der Waals surface area contributed by atoms with Gasteiger partial charge in [0.05, 0.1) is 12.5 Å². The molecule has 0 radical (unpaired) electrons. The number of hydrogen-bond donors (Lipinski definition) is 2. The quantitative estimate of drug-likeness (QED) is 0.716. The molecule has 144 valence electrons. The van der Waals surface area contributed by atoms with Gasteiger partial charge in [-0.15, -0.1) is 0 Å². The fraction of sp³-hybridized carbons (Fsp3) is 0.364. The smallest absolute Gasteiger partial charge is 0.222 e. The highest BCUT2D eigenvalue weighted by Crippen LogP contribution is 2.16. The topological polar surface area (TPSA) is 61.4 Å². The maximum atomic E-state index is 12.5. The zero-order valence-electron chi connectivity index (χ0n) is 16.3. The number of carbonyl (C=O) groups excluding carboxylic acids is 2. The van der Waals surface area contributed by atoms with E-state index < -0.39 is 0 Å². The Bertz CT molecular complexity index is 717. The van der Waals surface area contributed by atoms with Crippen LogP contribution in [0.4, 0.5) is 0 Å². The lowest BCUT2D eigenvalue weighted by molar-refractivity contribution is -0.123. The van der Waals surface area contributed by atoms with E-state index in [1.54, 1.807) is 0 Å². The van der Waals surface area contributed by atoms with Crippen molar-refractivity contribution in [1.29, 1.82) is 0 Å². The molecule has 0 heterocycles. The molecule has 0 spiro atoms. The molecular weight excluding hydrogens is 338 g/mol. The van der Waals surface area contributed by atoms with Gasteiger partial charge in [0.2, 0.25) is 11.8 Å². The molecule has 2 rings (SSSR count). The van der Waals surface area contributed by atoms with Crippen molar-refractivity contribution in [3.05, 3.63) is 71.8 Å². The Morgan fingerprint density at radius 2 is 1.56 bits per heavy atom. The lowest BCUT2D eigenvalue weighted by atomic mass is 10.0. The van der Waals surface area contributed by atoms with E-state index in [1.165, 1.54) is 12.5 Å². The molecular formula is C22H29N3O2. The molecule has 0 aliphatic rings. The van der Waals surface area contributed by atoms with Crippen molar-refractivity contribution in [3.8, 4) is 0 Å². The Morgan fingerprint density at radius 1 is 0.963 bits per heavy atom. The Kier molecular flexibility index (Phi) is 8.01. The molecule has 5 heteroatoms. The monoisotopic (exact) mass is 367 g/mol. The van der Waals surface area contributed by atoms with Crippen LogP contribution in [-0.4, -0.2) is 43.4 Å². The first-order valence-corrected chi connectivity index (χ1v) is 9.24. The molecule has 2 N–H and O–H groups in total. The second-order valence-electron chi connectivity index (χ2n) is 6.98. The summed E-state index contributed by atoms with van der Waals surface area (Å²) in [4.78, 5) is 26.1. The van der Waals surface area contributed by atoms with Crippen LogP contribution in [0.1, 0.15) is 30.5 Å². The van der Waals surface area contributed by atoms with Crippen LogP contribution in [0.2, 0.25) is 0 Å². The molecule has 2 amide bonds. The SMILES string of the molecule is CC(=O)NC(CC(=O)NCC(Cc1ccccc1)N(C)C)c1ccccc1. The van der Waals surface area contributed by atoms with E-state index >= 15 is 0 Å². The normalized spacial score (nSPS) is 13.0. The van der Waals surface area contributed by atoms with Crippen molar-refractivity contribution in [2.75, 3.05) is 20.6 Å². The van der Waals surface area contributed by atoms with E-state index in [9.17, 15) is 9.59 Å². The zero-order chi connectivity index (χ0) is 19.6. The van der Waals surface area contributed by atoms with Crippen molar-refractivity contribution in [3.63, 3.8) is 0 Å². The average molecular weight is 367 g/mol. The lowest BCUT2D eigenvalue weighted by Gasteiger charge is -2.25. The van der Waals surface area contributed by atoms with Crippen LogP contribution in [-0.2, 0) is 16.0 Å². The predicted octanol–water partition coefficient (Wildman–Crippen LogP) is 2.54.